The van der Waals surface area contributed by atoms with E-state index in [1.807, 2.05) is 0 Å². The quantitative estimate of drug-likeness (QED) is 0.796. The van der Waals surface area contributed by atoms with Crippen LogP contribution in [0.2, 0.25) is 0 Å². The minimum Gasteiger partial charge on any atom is -0.377 e. The van der Waals surface area contributed by atoms with Crippen molar-refractivity contribution in [3.05, 3.63) is 34.9 Å². The molecule has 1 rings (SSSR count). The molecule has 0 fully saturated rings. The van der Waals surface area contributed by atoms with E-state index in [9.17, 15) is 0 Å². The molecule has 0 radical (unpaired) electrons. The van der Waals surface area contributed by atoms with Crippen LogP contribution in [0.3, 0.4) is 0 Å². The zero-order valence-electron chi connectivity index (χ0n) is 9.21. The Morgan fingerprint density at radius 3 is 2.64 bits per heavy atom. The molecular weight excluding hydrogens is 174 g/mol. The third-order valence-electron chi connectivity index (χ3n) is 2.49. The number of rotatable bonds is 4. The predicted molar refractivity (Wildman–Crippen MR) is 59.3 cm³/mol. The first-order valence-electron chi connectivity index (χ1n) is 4.99. The van der Waals surface area contributed by atoms with E-state index in [1.165, 1.54) is 16.7 Å². The molecule has 0 aromatic heterocycles. The van der Waals surface area contributed by atoms with E-state index in [-0.39, 0.29) is 6.10 Å². The predicted octanol–water partition coefficient (Wildman–Crippen LogP) is 2.34. The third-order valence-corrected chi connectivity index (χ3v) is 2.49. The summed E-state index contributed by atoms with van der Waals surface area (Å²) in [6.07, 6.45) is 1.01. The monoisotopic (exact) mass is 193 g/mol. The van der Waals surface area contributed by atoms with Crippen LogP contribution >= 0.6 is 0 Å². The van der Waals surface area contributed by atoms with Crippen LogP contribution in [-0.2, 0) is 4.74 Å². The molecule has 0 spiro atoms. The van der Waals surface area contributed by atoms with E-state index >= 15 is 0 Å². The number of methoxy groups -OCH3 is 1. The molecule has 0 heterocycles. The van der Waals surface area contributed by atoms with Crippen LogP contribution in [0.4, 0.5) is 0 Å². The number of aryl methyl sites for hydroxylation is 2. The molecule has 0 aliphatic rings. The van der Waals surface area contributed by atoms with Gasteiger partial charge in [0.1, 0.15) is 0 Å². The lowest BCUT2D eigenvalue weighted by atomic mass is 9.99. The van der Waals surface area contributed by atoms with Gasteiger partial charge in [0.2, 0.25) is 0 Å². The fourth-order valence-corrected chi connectivity index (χ4v) is 1.66. The Hall–Kier alpha value is -0.860. The first-order chi connectivity index (χ1) is 6.69. The van der Waals surface area contributed by atoms with Crippen molar-refractivity contribution in [2.45, 2.75) is 26.4 Å². The average Bonchev–Trinajstić information content (AvgIpc) is 2.18. The van der Waals surface area contributed by atoms with Gasteiger partial charge < -0.3 is 10.5 Å². The van der Waals surface area contributed by atoms with Gasteiger partial charge in [0, 0.05) is 7.11 Å². The molecule has 0 aliphatic heterocycles. The van der Waals surface area contributed by atoms with Crippen LogP contribution in [-0.4, -0.2) is 13.7 Å². The number of ether oxygens (including phenoxy) is 1. The first kappa shape index (κ1) is 11.2. The molecule has 1 atom stereocenters. The molecule has 14 heavy (non-hydrogen) atoms. The van der Waals surface area contributed by atoms with Crippen molar-refractivity contribution in [2.24, 2.45) is 5.73 Å². The highest BCUT2D eigenvalue weighted by Gasteiger charge is 2.11. The second kappa shape index (κ2) is 5.13. The number of hydrogen-bond donors (Lipinski definition) is 1. The number of nitrogens with two attached hydrogens (primary N) is 1. The van der Waals surface area contributed by atoms with Crippen LogP contribution in [0.25, 0.3) is 0 Å². The van der Waals surface area contributed by atoms with E-state index < -0.39 is 0 Å². The molecule has 78 valence electrons. The summed E-state index contributed by atoms with van der Waals surface area (Å²) in [6.45, 7) is 4.86. The van der Waals surface area contributed by atoms with E-state index in [4.69, 9.17) is 10.5 Å². The van der Waals surface area contributed by atoms with E-state index in [2.05, 4.69) is 32.0 Å². The Labute approximate surface area is 86.1 Å². The van der Waals surface area contributed by atoms with Crippen molar-refractivity contribution < 1.29 is 4.74 Å². The topological polar surface area (TPSA) is 35.2 Å². The molecule has 2 N–H and O–H groups in total. The number of hydrogen-bond acceptors (Lipinski definition) is 2. The Balaban J connectivity index is 2.96. The van der Waals surface area contributed by atoms with Crippen molar-refractivity contribution in [3.8, 4) is 0 Å². The van der Waals surface area contributed by atoms with E-state index in [0.29, 0.717) is 6.54 Å². The molecule has 0 saturated heterocycles. The summed E-state index contributed by atoms with van der Waals surface area (Å²) in [7, 11) is 1.74. The van der Waals surface area contributed by atoms with E-state index in [0.717, 1.165) is 6.42 Å². The Bertz CT molecular complexity index is 296. The molecule has 0 bridgehead atoms. The summed E-state index contributed by atoms with van der Waals surface area (Å²) >= 11 is 0. The van der Waals surface area contributed by atoms with Gasteiger partial charge in [-0.3, -0.25) is 0 Å². The van der Waals surface area contributed by atoms with Gasteiger partial charge in [-0.25, -0.2) is 0 Å². The van der Waals surface area contributed by atoms with Crippen LogP contribution in [0.5, 0.6) is 0 Å². The lowest BCUT2D eigenvalue weighted by Gasteiger charge is -2.17. The van der Waals surface area contributed by atoms with Crippen molar-refractivity contribution in [1.82, 2.24) is 0 Å². The lowest BCUT2D eigenvalue weighted by molar-refractivity contribution is 0.0972. The van der Waals surface area contributed by atoms with Gasteiger partial charge in [0.15, 0.2) is 0 Å². The fraction of sp³-hybridized carbons (Fsp3) is 0.500. The smallest absolute Gasteiger partial charge is 0.0835 e. The van der Waals surface area contributed by atoms with Crippen LogP contribution in [0.1, 0.15) is 29.2 Å². The lowest BCUT2D eigenvalue weighted by Crippen LogP contribution is -2.10. The van der Waals surface area contributed by atoms with Crippen LogP contribution in [0.15, 0.2) is 18.2 Å². The molecule has 0 aliphatic carbocycles. The average molecular weight is 193 g/mol. The molecule has 2 nitrogen and oxygen atoms in total. The van der Waals surface area contributed by atoms with Gasteiger partial charge in [0.05, 0.1) is 6.10 Å². The molecule has 1 aromatic carbocycles. The third kappa shape index (κ3) is 2.56. The van der Waals surface area contributed by atoms with Crippen molar-refractivity contribution in [2.75, 3.05) is 13.7 Å². The van der Waals surface area contributed by atoms with Crippen molar-refractivity contribution in [3.63, 3.8) is 0 Å². The Morgan fingerprint density at radius 1 is 1.36 bits per heavy atom. The summed E-state index contributed by atoms with van der Waals surface area (Å²) in [4.78, 5) is 0. The van der Waals surface area contributed by atoms with Crippen LogP contribution < -0.4 is 5.73 Å². The second-order valence-electron chi connectivity index (χ2n) is 3.66. The van der Waals surface area contributed by atoms with Gasteiger partial charge in [-0.15, -0.1) is 0 Å². The summed E-state index contributed by atoms with van der Waals surface area (Å²) in [5, 5.41) is 0. The minimum absolute atomic E-state index is 0.139. The van der Waals surface area contributed by atoms with Gasteiger partial charge in [-0.1, -0.05) is 23.8 Å². The second-order valence-corrected chi connectivity index (χ2v) is 3.66. The molecule has 1 aromatic rings. The summed E-state index contributed by atoms with van der Waals surface area (Å²) in [5.41, 5.74) is 9.35. The highest BCUT2D eigenvalue weighted by atomic mass is 16.5. The van der Waals surface area contributed by atoms with Gasteiger partial charge >= 0.3 is 0 Å². The maximum atomic E-state index is 5.55. The normalized spacial score (nSPS) is 12.9. The fourth-order valence-electron chi connectivity index (χ4n) is 1.66. The van der Waals surface area contributed by atoms with Gasteiger partial charge in [-0.05, 0) is 37.9 Å². The summed E-state index contributed by atoms with van der Waals surface area (Å²) < 4.78 is 5.43. The zero-order valence-corrected chi connectivity index (χ0v) is 9.21. The molecule has 1 unspecified atom stereocenters. The molecular formula is C12H19NO. The maximum absolute atomic E-state index is 5.55. The largest absolute Gasteiger partial charge is 0.377 e. The van der Waals surface area contributed by atoms with Gasteiger partial charge in [-0.2, -0.15) is 0 Å². The standard InChI is InChI=1S/C12H19NO/c1-9-4-5-10(2)11(8-9)12(14-3)6-7-13/h4-5,8,12H,6-7,13H2,1-3H3. The van der Waals surface area contributed by atoms with Gasteiger partial charge in [0.25, 0.3) is 0 Å². The zero-order chi connectivity index (χ0) is 10.6. The molecule has 0 saturated carbocycles. The molecule has 0 amide bonds. The minimum atomic E-state index is 0.139. The van der Waals surface area contributed by atoms with Crippen molar-refractivity contribution >= 4 is 0 Å². The summed E-state index contributed by atoms with van der Waals surface area (Å²) in [5.74, 6) is 0. The number of benzene rings is 1. The molecule has 2 heteroatoms. The first-order valence-corrected chi connectivity index (χ1v) is 4.99. The van der Waals surface area contributed by atoms with E-state index in [1.54, 1.807) is 7.11 Å². The summed E-state index contributed by atoms with van der Waals surface area (Å²) in [6, 6.07) is 6.43. The highest BCUT2D eigenvalue weighted by molar-refractivity contribution is 5.32. The maximum Gasteiger partial charge on any atom is 0.0835 e. The van der Waals surface area contributed by atoms with Crippen LogP contribution in [0, 0.1) is 13.8 Å². The SMILES string of the molecule is COC(CCN)c1cc(C)ccc1C. The highest BCUT2D eigenvalue weighted by Crippen LogP contribution is 2.24. The Kier molecular flexibility index (Phi) is 4.11. The Morgan fingerprint density at radius 2 is 2.07 bits per heavy atom. The van der Waals surface area contributed by atoms with Crippen molar-refractivity contribution in [1.29, 1.82) is 0 Å².